The summed E-state index contributed by atoms with van der Waals surface area (Å²) in [6.07, 6.45) is 20.0. The molecule has 0 N–H and O–H groups in total. The maximum atomic E-state index is 12.6. The normalized spacial score (nSPS) is 13.3. The van der Waals surface area contributed by atoms with Crippen LogP contribution in [-0.2, 0) is 4.74 Å². The molecule has 0 aliphatic rings. The van der Waals surface area contributed by atoms with Gasteiger partial charge in [-0.25, -0.2) is 4.39 Å². The average molecular weight is 373 g/mol. The zero-order valence-electron chi connectivity index (χ0n) is 18.6. The van der Waals surface area contributed by atoms with Crippen LogP contribution in [0.5, 0.6) is 0 Å². The molecule has 0 aliphatic heterocycles. The van der Waals surface area contributed by atoms with E-state index in [1.165, 1.54) is 83.5 Å². The highest BCUT2D eigenvalue weighted by atomic mass is 19.1. The Hall–Kier alpha value is -0.110. The van der Waals surface area contributed by atoms with E-state index >= 15 is 0 Å². The minimum absolute atomic E-state index is 0.398. The van der Waals surface area contributed by atoms with Gasteiger partial charge in [0.15, 0.2) is 0 Å². The van der Waals surface area contributed by atoms with E-state index < -0.39 is 6.17 Å². The van der Waals surface area contributed by atoms with Crippen LogP contribution in [0, 0.1) is 5.41 Å². The minimum Gasteiger partial charge on any atom is -0.381 e. The predicted octanol–water partition coefficient (Wildman–Crippen LogP) is 8.65. The number of unbranched alkanes of at least 4 members (excludes halogenated alkanes) is 13. The molecule has 0 fully saturated rings. The summed E-state index contributed by atoms with van der Waals surface area (Å²) in [5.74, 6) is 0. The predicted molar refractivity (Wildman–Crippen MR) is 115 cm³/mol. The number of hydrogen-bond donors (Lipinski definition) is 0. The third-order valence-corrected chi connectivity index (χ3v) is 5.14. The Bertz CT molecular complexity index is 270. The molecule has 0 saturated heterocycles. The van der Waals surface area contributed by atoms with Crippen LogP contribution in [0.1, 0.15) is 130 Å². The Morgan fingerprint density at radius 2 is 1.00 bits per heavy atom. The first-order valence-corrected chi connectivity index (χ1v) is 11.6. The van der Waals surface area contributed by atoms with Gasteiger partial charge in [0.2, 0.25) is 0 Å². The van der Waals surface area contributed by atoms with Crippen LogP contribution >= 0.6 is 0 Å². The van der Waals surface area contributed by atoms with Gasteiger partial charge >= 0.3 is 0 Å². The molecule has 1 atom stereocenters. The zero-order chi connectivity index (χ0) is 19.5. The molecular formula is C24H49FO. The molecule has 0 rings (SSSR count). The lowest BCUT2D eigenvalue weighted by Crippen LogP contribution is -2.09. The largest absolute Gasteiger partial charge is 0.381 e. The molecule has 0 radical (unpaired) electrons. The van der Waals surface area contributed by atoms with Crippen molar-refractivity contribution in [3.63, 3.8) is 0 Å². The number of halogens is 1. The summed E-state index contributed by atoms with van der Waals surface area (Å²) in [5.41, 5.74) is 0.398. The molecule has 0 bridgehead atoms. The number of alkyl halides is 1. The van der Waals surface area contributed by atoms with Gasteiger partial charge in [-0.2, -0.15) is 0 Å². The molecule has 26 heavy (non-hydrogen) atoms. The fourth-order valence-corrected chi connectivity index (χ4v) is 3.23. The second kappa shape index (κ2) is 18.3. The first-order chi connectivity index (χ1) is 12.4. The molecule has 0 aromatic rings. The van der Waals surface area contributed by atoms with Gasteiger partial charge in [-0.15, -0.1) is 0 Å². The Labute approximate surface area is 164 Å². The first kappa shape index (κ1) is 25.9. The van der Waals surface area contributed by atoms with Crippen molar-refractivity contribution in [1.82, 2.24) is 0 Å². The van der Waals surface area contributed by atoms with Crippen LogP contribution in [0.3, 0.4) is 0 Å². The Kier molecular flexibility index (Phi) is 18.2. The Balaban J connectivity index is 3.03. The van der Waals surface area contributed by atoms with Crippen molar-refractivity contribution in [1.29, 1.82) is 0 Å². The summed E-state index contributed by atoms with van der Waals surface area (Å²) in [5, 5.41) is 0. The van der Waals surface area contributed by atoms with Gasteiger partial charge in [-0.05, 0) is 31.6 Å². The number of hydrogen-bond acceptors (Lipinski definition) is 1. The fourth-order valence-electron chi connectivity index (χ4n) is 3.23. The van der Waals surface area contributed by atoms with E-state index in [4.69, 9.17) is 4.74 Å². The topological polar surface area (TPSA) is 9.23 Å². The maximum Gasteiger partial charge on any atom is 0.0973 e. The molecule has 0 amide bonds. The highest BCUT2D eigenvalue weighted by Crippen LogP contribution is 2.18. The van der Waals surface area contributed by atoms with Gasteiger partial charge in [0.1, 0.15) is 0 Å². The summed E-state index contributed by atoms with van der Waals surface area (Å²) < 4.78 is 18.4. The molecule has 1 unspecified atom stereocenters. The van der Waals surface area contributed by atoms with Crippen molar-refractivity contribution in [2.45, 2.75) is 137 Å². The molecule has 1 nitrogen and oxygen atoms in total. The average Bonchev–Trinajstić information content (AvgIpc) is 2.55. The highest BCUT2D eigenvalue weighted by Gasteiger charge is 2.08. The quantitative estimate of drug-likeness (QED) is 0.206. The highest BCUT2D eigenvalue weighted by molar-refractivity contribution is 4.59. The van der Waals surface area contributed by atoms with Crippen LogP contribution in [0.2, 0.25) is 0 Å². The van der Waals surface area contributed by atoms with Gasteiger partial charge in [0.25, 0.3) is 0 Å². The van der Waals surface area contributed by atoms with Crippen LogP contribution in [0.4, 0.5) is 4.39 Å². The first-order valence-electron chi connectivity index (χ1n) is 11.6. The van der Waals surface area contributed by atoms with Gasteiger partial charge < -0.3 is 4.74 Å². The number of ether oxygens (including phenoxy) is 1. The van der Waals surface area contributed by atoms with Crippen LogP contribution < -0.4 is 0 Å². The maximum absolute atomic E-state index is 12.6. The zero-order valence-corrected chi connectivity index (χ0v) is 18.6. The Morgan fingerprint density at radius 1 is 0.615 bits per heavy atom. The van der Waals surface area contributed by atoms with E-state index in [1.807, 2.05) is 0 Å². The molecule has 0 heterocycles. The lowest BCUT2D eigenvalue weighted by atomic mass is 9.93. The molecular weight excluding hydrogens is 323 g/mol. The van der Waals surface area contributed by atoms with Crippen molar-refractivity contribution in [3.8, 4) is 0 Å². The van der Waals surface area contributed by atoms with E-state index in [1.54, 1.807) is 6.92 Å². The van der Waals surface area contributed by atoms with Crippen molar-refractivity contribution in [2.24, 2.45) is 5.41 Å². The second-order valence-electron chi connectivity index (χ2n) is 9.44. The van der Waals surface area contributed by atoms with E-state index in [2.05, 4.69) is 20.8 Å². The van der Waals surface area contributed by atoms with Crippen molar-refractivity contribution < 1.29 is 9.13 Å². The van der Waals surface area contributed by atoms with E-state index in [0.717, 1.165) is 32.5 Å². The second-order valence-corrected chi connectivity index (χ2v) is 9.44. The summed E-state index contributed by atoms with van der Waals surface area (Å²) in [6.45, 7) is 10.3. The molecule has 0 aliphatic carbocycles. The smallest absolute Gasteiger partial charge is 0.0973 e. The Morgan fingerprint density at radius 3 is 1.38 bits per heavy atom. The third kappa shape index (κ3) is 23.9. The summed E-state index contributed by atoms with van der Waals surface area (Å²) in [4.78, 5) is 0. The summed E-state index contributed by atoms with van der Waals surface area (Å²) in [6, 6.07) is 0. The third-order valence-electron chi connectivity index (χ3n) is 5.14. The lowest BCUT2D eigenvalue weighted by molar-refractivity contribution is 0.105. The molecule has 0 saturated carbocycles. The van der Waals surface area contributed by atoms with Crippen molar-refractivity contribution >= 4 is 0 Å². The van der Waals surface area contributed by atoms with E-state index in [0.29, 0.717) is 5.41 Å². The molecule has 158 valence electrons. The van der Waals surface area contributed by atoms with Crippen LogP contribution in [0.15, 0.2) is 0 Å². The standard InChI is InChI=1S/C24H49FO/c1-23(25)19-17-15-13-11-9-7-5-6-8-10-12-14-16-18-21-26-22-20-24(2,3)4/h23H,5-22H2,1-4H3. The van der Waals surface area contributed by atoms with Gasteiger partial charge in [-0.1, -0.05) is 104 Å². The van der Waals surface area contributed by atoms with Gasteiger partial charge in [0, 0.05) is 13.2 Å². The van der Waals surface area contributed by atoms with Crippen molar-refractivity contribution in [2.75, 3.05) is 13.2 Å². The van der Waals surface area contributed by atoms with E-state index in [-0.39, 0.29) is 0 Å². The van der Waals surface area contributed by atoms with Gasteiger partial charge in [-0.3, -0.25) is 0 Å². The van der Waals surface area contributed by atoms with Crippen molar-refractivity contribution in [3.05, 3.63) is 0 Å². The molecule has 0 spiro atoms. The number of rotatable bonds is 19. The lowest BCUT2D eigenvalue weighted by Gasteiger charge is -2.17. The fraction of sp³-hybridized carbons (Fsp3) is 1.00. The van der Waals surface area contributed by atoms with Crippen LogP contribution in [-0.4, -0.2) is 19.4 Å². The van der Waals surface area contributed by atoms with E-state index in [9.17, 15) is 4.39 Å². The summed E-state index contributed by atoms with van der Waals surface area (Å²) in [7, 11) is 0. The van der Waals surface area contributed by atoms with Crippen LogP contribution in [0.25, 0.3) is 0 Å². The van der Waals surface area contributed by atoms with Gasteiger partial charge in [0.05, 0.1) is 6.17 Å². The molecule has 2 heteroatoms. The monoisotopic (exact) mass is 372 g/mol. The molecule has 0 aromatic carbocycles. The SMILES string of the molecule is CC(F)CCCCCCCCCCCCCCCCOCCC(C)(C)C. The molecule has 0 aromatic heterocycles. The summed E-state index contributed by atoms with van der Waals surface area (Å²) >= 11 is 0. The minimum atomic E-state index is -0.609.